The molecule has 0 aliphatic heterocycles. The highest BCUT2D eigenvalue weighted by molar-refractivity contribution is 9.09. The summed E-state index contributed by atoms with van der Waals surface area (Å²) >= 11 is 3.41. The van der Waals surface area contributed by atoms with Crippen LogP contribution < -0.4 is 4.74 Å². The van der Waals surface area contributed by atoms with Crippen LogP contribution in [0.1, 0.15) is 33.5 Å². The van der Waals surface area contributed by atoms with Gasteiger partial charge in [0.2, 0.25) is 0 Å². The highest BCUT2D eigenvalue weighted by Gasteiger charge is 2.23. The minimum atomic E-state index is -0.0352. The van der Waals surface area contributed by atoms with Gasteiger partial charge in [0.05, 0.1) is 12.2 Å². The number of benzene rings is 3. The Morgan fingerprint density at radius 1 is 0.933 bits per heavy atom. The zero-order valence-corrected chi connectivity index (χ0v) is 18.7. The van der Waals surface area contributed by atoms with Crippen molar-refractivity contribution in [3.05, 3.63) is 89.0 Å². The average molecular weight is 463 g/mol. The monoisotopic (exact) mass is 462 g/mol. The Kier molecular flexibility index (Phi) is 6.05. The maximum atomic E-state index is 13.5. The molecule has 0 N–H and O–H groups in total. The van der Waals surface area contributed by atoms with Gasteiger partial charge in [-0.2, -0.15) is 0 Å². The highest BCUT2D eigenvalue weighted by atomic mass is 79.9. The molecule has 4 aromatic rings. The van der Waals surface area contributed by atoms with E-state index in [9.17, 15) is 4.79 Å². The first-order valence-corrected chi connectivity index (χ1v) is 11.1. The summed E-state index contributed by atoms with van der Waals surface area (Å²) in [5.41, 5.74) is 5.03. The quantitative estimate of drug-likeness (QED) is 0.167. The third kappa shape index (κ3) is 4.19. The number of furan rings is 1. The Balaban J connectivity index is 1.79. The minimum absolute atomic E-state index is 0.0352. The summed E-state index contributed by atoms with van der Waals surface area (Å²) in [6, 6.07) is 21.3. The molecule has 152 valence electrons. The van der Waals surface area contributed by atoms with Crippen LogP contribution in [-0.4, -0.2) is 17.7 Å². The van der Waals surface area contributed by atoms with E-state index in [1.807, 2.05) is 80.6 Å². The fourth-order valence-electron chi connectivity index (χ4n) is 3.44. The molecule has 0 spiro atoms. The molecule has 0 unspecified atom stereocenters. The van der Waals surface area contributed by atoms with Crippen molar-refractivity contribution in [2.45, 2.75) is 20.3 Å². The molecule has 0 saturated heterocycles. The SMILES string of the molecule is Cc1ccc(C(=O)c2c(-c3ccc(OCCCBr)cc3)oc3ccc(C)cc23)cc1. The second-order valence-corrected chi connectivity index (χ2v) is 8.21. The molecule has 0 saturated carbocycles. The normalized spacial score (nSPS) is 11.0. The molecular weight excluding hydrogens is 440 g/mol. The summed E-state index contributed by atoms with van der Waals surface area (Å²) in [5, 5.41) is 1.75. The summed E-state index contributed by atoms with van der Waals surface area (Å²) in [7, 11) is 0. The maximum Gasteiger partial charge on any atom is 0.197 e. The van der Waals surface area contributed by atoms with Gasteiger partial charge in [-0.1, -0.05) is 57.4 Å². The first-order chi connectivity index (χ1) is 14.6. The van der Waals surface area contributed by atoms with Crippen molar-refractivity contribution in [3.8, 4) is 17.1 Å². The van der Waals surface area contributed by atoms with E-state index >= 15 is 0 Å². The lowest BCUT2D eigenvalue weighted by Gasteiger charge is -2.07. The Morgan fingerprint density at radius 3 is 2.33 bits per heavy atom. The van der Waals surface area contributed by atoms with Gasteiger partial charge in [0, 0.05) is 21.8 Å². The molecule has 0 atom stereocenters. The zero-order valence-electron chi connectivity index (χ0n) is 17.1. The lowest BCUT2D eigenvalue weighted by atomic mass is 9.96. The van der Waals surface area contributed by atoms with Crippen LogP contribution in [-0.2, 0) is 0 Å². The van der Waals surface area contributed by atoms with Gasteiger partial charge < -0.3 is 9.15 Å². The van der Waals surface area contributed by atoms with Gasteiger partial charge >= 0.3 is 0 Å². The summed E-state index contributed by atoms with van der Waals surface area (Å²) in [5.74, 6) is 1.36. The molecule has 0 fully saturated rings. The van der Waals surface area contributed by atoms with Crippen LogP contribution in [0.25, 0.3) is 22.3 Å². The predicted octanol–water partition coefficient (Wildman–Crippen LogP) is 7.11. The summed E-state index contributed by atoms with van der Waals surface area (Å²) in [6.45, 7) is 4.69. The summed E-state index contributed by atoms with van der Waals surface area (Å²) in [6.07, 6.45) is 0.944. The topological polar surface area (TPSA) is 39.4 Å². The van der Waals surface area contributed by atoms with E-state index in [-0.39, 0.29) is 5.78 Å². The van der Waals surface area contributed by atoms with Crippen molar-refractivity contribution in [2.24, 2.45) is 0 Å². The van der Waals surface area contributed by atoms with E-state index in [0.29, 0.717) is 29.1 Å². The van der Waals surface area contributed by atoms with Crippen LogP contribution in [0.3, 0.4) is 0 Å². The standard InChI is InChI=1S/C26H23BrO3/c1-17-4-7-19(8-5-17)25(28)24-22-16-18(2)6-13-23(22)30-26(24)20-9-11-21(12-10-20)29-15-3-14-27/h4-13,16H,3,14-15H2,1-2H3. The van der Waals surface area contributed by atoms with Crippen LogP contribution >= 0.6 is 15.9 Å². The molecule has 30 heavy (non-hydrogen) atoms. The second-order valence-electron chi connectivity index (χ2n) is 7.42. The molecule has 0 aliphatic carbocycles. The van der Waals surface area contributed by atoms with E-state index < -0.39 is 0 Å². The fraction of sp³-hybridized carbons (Fsp3) is 0.192. The van der Waals surface area contributed by atoms with E-state index in [1.165, 1.54) is 0 Å². The van der Waals surface area contributed by atoms with Crippen molar-refractivity contribution < 1.29 is 13.9 Å². The molecule has 3 nitrogen and oxygen atoms in total. The maximum absolute atomic E-state index is 13.5. The van der Waals surface area contributed by atoms with Crippen LogP contribution in [0, 0.1) is 13.8 Å². The van der Waals surface area contributed by atoms with Crippen molar-refractivity contribution in [1.29, 1.82) is 0 Å². The molecule has 1 heterocycles. The van der Waals surface area contributed by atoms with E-state index in [4.69, 9.17) is 9.15 Å². The average Bonchev–Trinajstić information content (AvgIpc) is 3.13. The molecule has 0 bridgehead atoms. The number of fused-ring (bicyclic) bond motifs is 1. The second kappa shape index (κ2) is 8.88. The first-order valence-electron chi connectivity index (χ1n) is 10.0. The van der Waals surface area contributed by atoms with Gasteiger partial charge in [-0.25, -0.2) is 0 Å². The van der Waals surface area contributed by atoms with E-state index in [0.717, 1.165) is 39.6 Å². The summed E-state index contributed by atoms with van der Waals surface area (Å²) in [4.78, 5) is 13.5. The smallest absolute Gasteiger partial charge is 0.197 e. The third-order valence-corrected chi connectivity index (χ3v) is 5.61. The van der Waals surface area contributed by atoms with Crippen LogP contribution in [0.15, 0.2) is 71.1 Å². The van der Waals surface area contributed by atoms with Crippen molar-refractivity contribution >= 4 is 32.7 Å². The minimum Gasteiger partial charge on any atom is -0.494 e. The Bertz CT molecular complexity index is 1170. The molecule has 0 radical (unpaired) electrons. The number of rotatable bonds is 7. The number of ketones is 1. The Hall–Kier alpha value is -2.85. The predicted molar refractivity (Wildman–Crippen MR) is 125 cm³/mol. The van der Waals surface area contributed by atoms with Crippen molar-refractivity contribution in [1.82, 2.24) is 0 Å². The van der Waals surface area contributed by atoms with E-state index in [1.54, 1.807) is 0 Å². The molecule has 4 heteroatoms. The van der Waals surface area contributed by atoms with Crippen LogP contribution in [0.2, 0.25) is 0 Å². The first kappa shape index (κ1) is 20.4. The molecule has 4 rings (SSSR count). The van der Waals surface area contributed by atoms with Crippen molar-refractivity contribution in [3.63, 3.8) is 0 Å². The Morgan fingerprint density at radius 2 is 1.63 bits per heavy atom. The lowest BCUT2D eigenvalue weighted by molar-refractivity contribution is 0.104. The van der Waals surface area contributed by atoms with E-state index in [2.05, 4.69) is 15.9 Å². The van der Waals surface area contributed by atoms with Gasteiger partial charge in [0.1, 0.15) is 17.1 Å². The number of alkyl halides is 1. The fourth-order valence-corrected chi connectivity index (χ4v) is 3.67. The van der Waals surface area contributed by atoms with Gasteiger partial charge in [0.15, 0.2) is 5.78 Å². The summed E-state index contributed by atoms with van der Waals surface area (Å²) < 4.78 is 11.9. The van der Waals surface area contributed by atoms with Crippen molar-refractivity contribution in [2.75, 3.05) is 11.9 Å². The zero-order chi connectivity index (χ0) is 21.1. The molecule has 3 aromatic carbocycles. The van der Waals surface area contributed by atoms with Gasteiger partial charge in [-0.15, -0.1) is 0 Å². The van der Waals surface area contributed by atoms with Crippen LogP contribution in [0.4, 0.5) is 0 Å². The largest absolute Gasteiger partial charge is 0.494 e. The van der Waals surface area contributed by atoms with Crippen LogP contribution in [0.5, 0.6) is 5.75 Å². The number of hydrogen-bond acceptors (Lipinski definition) is 3. The lowest BCUT2D eigenvalue weighted by Crippen LogP contribution is -2.02. The Labute approximate surface area is 184 Å². The van der Waals surface area contributed by atoms with Gasteiger partial charge in [0.25, 0.3) is 0 Å². The number of carbonyl (C=O) groups is 1. The molecule has 1 aromatic heterocycles. The molecule has 0 aliphatic rings. The highest BCUT2D eigenvalue weighted by Crippen LogP contribution is 2.36. The molecule has 0 amide bonds. The third-order valence-electron chi connectivity index (χ3n) is 5.05. The molecular formula is C26H23BrO3. The van der Waals surface area contributed by atoms with Gasteiger partial charge in [-0.3, -0.25) is 4.79 Å². The number of carbonyl (C=O) groups excluding carboxylic acids is 1. The van der Waals surface area contributed by atoms with Gasteiger partial charge in [-0.05, 0) is 56.7 Å². The number of ether oxygens (including phenoxy) is 1. The number of hydrogen-bond donors (Lipinski definition) is 0. The number of halogens is 1. The number of aryl methyl sites for hydroxylation is 2.